The van der Waals surface area contributed by atoms with Crippen LogP contribution in [0.1, 0.15) is 16.7 Å². The predicted molar refractivity (Wildman–Crippen MR) is 142 cm³/mol. The molecule has 0 saturated carbocycles. The number of benzene rings is 1. The second-order valence-electron chi connectivity index (χ2n) is 8.24. The van der Waals surface area contributed by atoms with Crippen molar-refractivity contribution in [3.05, 3.63) is 74.7 Å². The maximum atomic E-state index is 13.3. The van der Waals surface area contributed by atoms with E-state index in [1.807, 2.05) is 6.07 Å². The fraction of sp³-hybridized carbons (Fsp3) is 0.280. The predicted octanol–water partition coefficient (Wildman–Crippen LogP) is 3.42. The third-order valence-corrected chi connectivity index (χ3v) is 7.58. The zero-order chi connectivity index (χ0) is 25.3. The van der Waals surface area contributed by atoms with Crippen LogP contribution in [-0.4, -0.2) is 52.4 Å². The molecular formula is C25H24FN5O2S2. The lowest BCUT2D eigenvalue weighted by Gasteiger charge is -2.38. The van der Waals surface area contributed by atoms with Crippen LogP contribution in [-0.2, 0) is 11.8 Å². The van der Waals surface area contributed by atoms with Gasteiger partial charge >= 0.3 is 0 Å². The minimum absolute atomic E-state index is 0.0500. The summed E-state index contributed by atoms with van der Waals surface area (Å²) in [7, 11) is 1.64. The van der Waals surface area contributed by atoms with Crippen molar-refractivity contribution >= 4 is 51.8 Å². The number of carbonyl (C=O) groups is 1. The Morgan fingerprint density at radius 2 is 1.80 bits per heavy atom. The van der Waals surface area contributed by atoms with Crippen LogP contribution >= 0.6 is 24.0 Å². The monoisotopic (exact) mass is 509 g/mol. The van der Waals surface area contributed by atoms with Crippen LogP contribution in [0.15, 0.2) is 46.6 Å². The van der Waals surface area contributed by atoms with Crippen LogP contribution in [0.5, 0.6) is 0 Å². The maximum absolute atomic E-state index is 13.3. The number of rotatable bonds is 5. The van der Waals surface area contributed by atoms with Gasteiger partial charge in [0.15, 0.2) is 0 Å². The second-order valence-corrected chi connectivity index (χ2v) is 9.92. The highest BCUT2D eigenvalue weighted by Gasteiger charge is 2.32. The quantitative estimate of drug-likeness (QED) is 0.347. The first-order valence-corrected chi connectivity index (χ1v) is 12.2. The fourth-order valence-corrected chi connectivity index (χ4v) is 5.60. The number of thioether (sulfide) groups is 1. The van der Waals surface area contributed by atoms with Gasteiger partial charge in [-0.15, -0.1) is 6.58 Å². The highest BCUT2D eigenvalue weighted by atomic mass is 32.2. The minimum atomic E-state index is -0.377. The van der Waals surface area contributed by atoms with Crippen molar-refractivity contribution in [3.8, 4) is 6.07 Å². The standard InChI is InChI=1S/C25H24FN5O2S2/c1-4-9-31-24(33)21(35-25(31)34)14-19-16(2)20(15-27)23(32)28(3)22(19)30-12-10-29(11-13-30)18-7-5-17(26)6-8-18/h4-8,14H,1,9-13H2,2-3H3/b21-14+. The van der Waals surface area contributed by atoms with Gasteiger partial charge < -0.3 is 9.80 Å². The van der Waals surface area contributed by atoms with E-state index >= 15 is 0 Å². The molecule has 0 bridgehead atoms. The number of halogens is 1. The van der Waals surface area contributed by atoms with Gasteiger partial charge in [0, 0.05) is 51.0 Å². The van der Waals surface area contributed by atoms with E-state index in [0.29, 0.717) is 58.9 Å². The van der Waals surface area contributed by atoms with Crippen molar-refractivity contribution in [2.75, 3.05) is 42.5 Å². The van der Waals surface area contributed by atoms with Crippen LogP contribution in [0.2, 0.25) is 0 Å². The van der Waals surface area contributed by atoms with E-state index < -0.39 is 0 Å². The van der Waals surface area contributed by atoms with E-state index in [9.17, 15) is 19.2 Å². The number of thiocarbonyl (C=S) groups is 1. The molecule has 180 valence electrons. The van der Waals surface area contributed by atoms with Crippen molar-refractivity contribution in [2.45, 2.75) is 6.92 Å². The van der Waals surface area contributed by atoms with Gasteiger partial charge in [0.1, 0.15) is 27.6 Å². The third kappa shape index (κ3) is 4.61. The summed E-state index contributed by atoms with van der Waals surface area (Å²) in [6.45, 7) is 8.27. The molecule has 1 amide bonds. The first-order valence-electron chi connectivity index (χ1n) is 11.0. The molecule has 10 heteroatoms. The van der Waals surface area contributed by atoms with E-state index in [-0.39, 0.29) is 22.8 Å². The van der Waals surface area contributed by atoms with E-state index in [2.05, 4.69) is 16.4 Å². The number of hydrogen-bond donors (Lipinski definition) is 0. The molecular weight excluding hydrogens is 485 g/mol. The number of pyridine rings is 1. The molecule has 2 saturated heterocycles. The van der Waals surface area contributed by atoms with Crippen molar-refractivity contribution in [3.63, 3.8) is 0 Å². The van der Waals surface area contributed by atoms with Gasteiger partial charge in [-0.2, -0.15) is 5.26 Å². The Labute approximate surface area is 212 Å². The van der Waals surface area contributed by atoms with Crippen LogP contribution in [0.4, 0.5) is 15.9 Å². The molecule has 0 aliphatic carbocycles. The van der Waals surface area contributed by atoms with Crippen LogP contribution in [0.25, 0.3) is 6.08 Å². The molecule has 1 aromatic heterocycles. The average molecular weight is 510 g/mol. The highest BCUT2D eigenvalue weighted by Crippen LogP contribution is 2.36. The van der Waals surface area contributed by atoms with Gasteiger partial charge in [-0.3, -0.25) is 19.1 Å². The molecule has 2 aromatic rings. The SMILES string of the molecule is C=CCN1C(=O)/C(=C\c2c(C)c(C#N)c(=O)n(C)c2N2CCN(c3ccc(F)cc3)CC2)SC1=S. The first kappa shape index (κ1) is 24.7. The van der Waals surface area contributed by atoms with Crippen LogP contribution < -0.4 is 15.4 Å². The van der Waals surface area contributed by atoms with Gasteiger partial charge in [-0.25, -0.2) is 4.39 Å². The molecule has 35 heavy (non-hydrogen) atoms. The summed E-state index contributed by atoms with van der Waals surface area (Å²) < 4.78 is 15.2. The number of aromatic nitrogens is 1. The molecule has 2 aliphatic rings. The van der Waals surface area contributed by atoms with Crippen molar-refractivity contribution in [2.24, 2.45) is 7.05 Å². The topological polar surface area (TPSA) is 72.6 Å². The lowest BCUT2D eigenvalue weighted by molar-refractivity contribution is -0.121. The number of anilines is 2. The Morgan fingerprint density at radius 3 is 2.40 bits per heavy atom. The number of amides is 1. The van der Waals surface area contributed by atoms with Crippen molar-refractivity contribution in [1.82, 2.24) is 9.47 Å². The molecule has 2 fully saturated rings. The second kappa shape index (κ2) is 10.1. The molecule has 1 aromatic carbocycles. The molecule has 2 aliphatic heterocycles. The molecule has 0 unspecified atom stereocenters. The Morgan fingerprint density at radius 1 is 1.17 bits per heavy atom. The summed E-state index contributed by atoms with van der Waals surface area (Å²) in [4.78, 5) is 32.1. The Bertz CT molecular complexity index is 1340. The lowest BCUT2D eigenvalue weighted by Crippen LogP contribution is -2.48. The highest BCUT2D eigenvalue weighted by molar-refractivity contribution is 8.26. The van der Waals surface area contributed by atoms with E-state index in [1.54, 1.807) is 38.3 Å². The normalized spacial score (nSPS) is 17.3. The van der Waals surface area contributed by atoms with Crippen LogP contribution in [0.3, 0.4) is 0 Å². The fourth-order valence-electron chi connectivity index (χ4n) is 4.34. The zero-order valence-electron chi connectivity index (χ0n) is 19.5. The summed E-state index contributed by atoms with van der Waals surface area (Å²) in [5.74, 6) is 0.150. The molecule has 0 atom stereocenters. The van der Waals surface area contributed by atoms with Crippen LogP contribution in [0, 0.1) is 24.1 Å². The maximum Gasteiger partial charge on any atom is 0.270 e. The molecule has 4 rings (SSSR count). The molecule has 3 heterocycles. The van der Waals surface area contributed by atoms with Gasteiger partial charge in [0.2, 0.25) is 0 Å². The minimum Gasteiger partial charge on any atom is -0.368 e. The number of piperazine rings is 1. The van der Waals surface area contributed by atoms with Crippen molar-refractivity contribution in [1.29, 1.82) is 5.26 Å². The molecule has 0 radical (unpaired) electrons. The molecule has 0 N–H and O–H groups in total. The van der Waals surface area contributed by atoms with E-state index in [4.69, 9.17) is 12.2 Å². The van der Waals surface area contributed by atoms with Gasteiger partial charge in [0.05, 0.1) is 4.91 Å². The number of hydrogen-bond acceptors (Lipinski definition) is 7. The third-order valence-electron chi connectivity index (χ3n) is 6.20. The lowest BCUT2D eigenvalue weighted by atomic mass is 10.0. The number of nitrogens with zero attached hydrogens (tertiary/aromatic N) is 5. The van der Waals surface area contributed by atoms with Gasteiger partial charge in [0.25, 0.3) is 11.5 Å². The summed E-state index contributed by atoms with van der Waals surface area (Å²) in [5.41, 5.74) is 1.78. The van der Waals surface area contributed by atoms with E-state index in [0.717, 1.165) is 5.69 Å². The van der Waals surface area contributed by atoms with Gasteiger partial charge in [-0.05, 0) is 42.8 Å². The zero-order valence-corrected chi connectivity index (χ0v) is 21.1. The summed E-state index contributed by atoms with van der Waals surface area (Å²) >= 11 is 6.56. The Kier molecular flexibility index (Phi) is 7.10. The number of carbonyl (C=O) groups excluding carboxylic acids is 1. The Balaban J connectivity index is 1.73. The molecule has 0 spiro atoms. The largest absolute Gasteiger partial charge is 0.368 e. The smallest absolute Gasteiger partial charge is 0.270 e. The van der Waals surface area contributed by atoms with Crippen molar-refractivity contribution < 1.29 is 9.18 Å². The first-order chi connectivity index (χ1) is 16.8. The summed E-state index contributed by atoms with van der Waals surface area (Å²) in [5, 5.41) is 9.65. The van der Waals surface area contributed by atoms with E-state index in [1.165, 1.54) is 33.4 Å². The summed E-state index contributed by atoms with van der Waals surface area (Å²) in [6.07, 6.45) is 3.35. The average Bonchev–Trinajstić information content (AvgIpc) is 3.11. The Hall–Kier alpha value is -3.42. The number of nitriles is 1. The molecule has 7 nitrogen and oxygen atoms in total. The summed E-state index contributed by atoms with van der Waals surface area (Å²) in [6, 6.07) is 8.41. The van der Waals surface area contributed by atoms with Gasteiger partial charge in [-0.1, -0.05) is 30.1 Å².